The Morgan fingerprint density at radius 2 is 1.59 bits per heavy atom. The number of benzene rings is 2. The van der Waals surface area contributed by atoms with Crippen LogP contribution in [-0.4, -0.2) is 23.9 Å². The summed E-state index contributed by atoms with van der Waals surface area (Å²) >= 11 is 17.5. The molecular formula is C25H20Cl3F6NO2. The largest absolute Gasteiger partial charge is 0.417 e. The molecule has 0 aliphatic heterocycles. The molecule has 2 aromatic rings. The summed E-state index contributed by atoms with van der Waals surface area (Å²) in [7, 11) is 0. The van der Waals surface area contributed by atoms with Crippen LogP contribution >= 0.6 is 34.8 Å². The van der Waals surface area contributed by atoms with Gasteiger partial charge in [-0.25, -0.2) is 0 Å². The first kappa shape index (κ1) is 30.7. The predicted octanol–water partition coefficient (Wildman–Crippen LogP) is 8.68. The Bertz CT molecular complexity index is 1210. The van der Waals surface area contributed by atoms with Crippen LogP contribution in [0.2, 0.25) is 15.1 Å². The van der Waals surface area contributed by atoms with Crippen molar-refractivity contribution in [2.75, 3.05) is 0 Å². The van der Waals surface area contributed by atoms with E-state index in [9.17, 15) is 35.9 Å². The molecule has 2 atom stereocenters. The van der Waals surface area contributed by atoms with Crippen molar-refractivity contribution in [3.63, 3.8) is 0 Å². The zero-order valence-corrected chi connectivity index (χ0v) is 21.6. The third-order valence-electron chi connectivity index (χ3n) is 5.14. The second-order valence-corrected chi connectivity index (χ2v) is 9.45. The molecule has 1 amide bonds. The Balaban J connectivity index is 2.42. The molecular weight excluding hydrogens is 567 g/mol. The summed E-state index contributed by atoms with van der Waals surface area (Å²) < 4.78 is 82.4. The van der Waals surface area contributed by atoms with Crippen molar-refractivity contribution < 1.29 is 35.9 Å². The van der Waals surface area contributed by atoms with Crippen LogP contribution in [0.5, 0.6) is 0 Å². The van der Waals surface area contributed by atoms with E-state index in [0.717, 1.165) is 30.3 Å². The van der Waals surface area contributed by atoms with Gasteiger partial charge in [0.05, 0.1) is 32.1 Å². The van der Waals surface area contributed by atoms with Crippen molar-refractivity contribution in [3.8, 4) is 0 Å². The second kappa shape index (κ2) is 11.9. The number of nitrogens with one attached hydrogen (secondary N) is 1. The molecule has 0 radical (unpaired) electrons. The smallest absolute Gasteiger partial charge is 0.349 e. The van der Waals surface area contributed by atoms with Crippen LogP contribution in [0.3, 0.4) is 0 Å². The van der Waals surface area contributed by atoms with Crippen molar-refractivity contribution in [1.82, 2.24) is 5.32 Å². The molecule has 0 aromatic heterocycles. The number of hydrogen-bond acceptors (Lipinski definition) is 2. The fraction of sp³-hybridized carbons (Fsp3) is 0.280. The van der Waals surface area contributed by atoms with E-state index in [-0.39, 0.29) is 44.0 Å². The molecule has 1 unspecified atom stereocenters. The molecule has 12 heteroatoms. The lowest BCUT2D eigenvalue weighted by molar-refractivity contribution is -0.139. The standard InChI is InChI=1S/C25H20Cl3F6NO2/c1-12(2)21(36)8-13(3)35-23(37)16-6-4-14(9-18(16)25(32,33)34)5-7-17(24(29,30)31)15-10-19(26)22(28)20(27)11-15/h4-7,9-11,13,17H,1,8H2,2-3H3,(H,35,37)/b7-5+/t13-,17?/m1/s1. The lowest BCUT2D eigenvalue weighted by Gasteiger charge is -2.19. The summed E-state index contributed by atoms with van der Waals surface area (Å²) in [6.45, 7) is 6.37. The number of amides is 1. The van der Waals surface area contributed by atoms with Gasteiger partial charge in [-0.15, -0.1) is 0 Å². The molecule has 0 aliphatic rings. The van der Waals surface area contributed by atoms with Gasteiger partial charge in [-0.1, -0.05) is 59.6 Å². The first-order valence-electron chi connectivity index (χ1n) is 10.5. The summed E-state index contributed by atoms with van der Waals surface area (Å²) in [5, 5.41) is 1.73. The van der Waals surface area contributed by atoms with E-state index in [4.69, 9.17) is 34.8 Å². The molecule has 0 spiro atoms. The van der Waals surface area contributed by atoms with Crippen LogP contribution in [0.15, 0.2) is 48.6 Å². The van der Waals surface area contributed by atoms with Gasteiger partial charge in [0.2, 0.25) is 0 Å². The Labute approximate surface area is 224 Å². The number of halogens is 9. The molecule has 0 fully saturated rings. The number of rotatable bonds is 8. The van der Waals surface area contributed by atoms with Gasteiger partial charge in [-0.2, -0.15) is 26.3 Å². The minimum Gasteiger partial charge on any atom is -0.349 e. The number of alkyl halides is 6. The highest BCUT2D eigenvalue weighted by molar-refractivity contribution is 6.48. The molecule has 1 N–H and O–H groups in total. The number of Topliss-reactive ketones (excluding diaryl/α,β-unsaturated/α-hetero) is 1. The van der Waals surface area contributed by atoms with E-state index in [1.165, 1.54) is 13.8 Å². The molecule has 200 valence electrons. The SMILES string of the molecule is C=C(C)C(=O)C[C@@H](C)NC(=O)c1ccc(/C=C/C(c2cc(Cl)c(Cl)c(Cl)c2)C(F)(F)F)cc1C(F)(F)F. The third-order valence-corrected chi connectivity index (χ3v) is 6.33. The maximum atomic E-state index is 13.7. The number of allylic oxidation sites excluding steroid dienone is 2. The third kappa shape index (κ3) is 8.25. The number of hydrogen-bond donors (Lipinski definition) is 1. The quantitative estimate of drug-likeness (QED) is 0.191. The highest BCUT2D eigenvalue weighted by atomic mass is 35.5. The Morgan fingerprint density at radius 1 is 1.03 bits per heavy atom. The monoisotopic (exact) mass is 585 g/mol. The van der Waals surface area contributed by atoms with E-state index >= 15 is 0 Å². The fourth-order valence-electron chi connectivity index (χ4n) is 3.27. The molecule has 2 rings (SSSR count). The van der Waals surface area contributed by atoms with Crippen LogP contribution in [0.25, 0.3) is 6.08 Å². The lowest BCUT2D eigenvalue weighted by atomic mass is 9.96. The minimum absolute atomic E-state index is 0.140. The molecule has 2 aromatic carbocycles. The first-order chi connectivity index (χ1) is 16.9. The van der Waals surface area contributed by atoms with Gasteiger partial charge in [0.15, 0.2) is 5.78 Å². The van der Waals surface area contributed by atoms with Gasteiger partial charge in [0, 0.05) is 12.5 Å². The molecule has 0 saturated carbocycles. The highest BCUT2D eigenvalue weighted by Gasteiger charge is 2.40. The molecule has 0 aliphatic carbocycles. The number of carbonyl (C=O) groups is 2. The predicted molar refractivity (Wildman–Crippen MR) is 132 cm³/mol. The van der Waals surface area contributed by atoms with Crippen molar-refractivity contribution in [3.05, 3.63) is 85.9 Å². The summed E-state index contributed by atoms with van der Waals surface area (Å²) in [5.41, 5.74) is -2.48. The maximum Gasteiger partial charge on any atom is 0.417 e. The summed E-state index contributed by atoms with van der Waals surface area (Å²) in [6, 6.07) is 3.62. The molecule has 37 heavy (non-hydrogen) atoms. The van der Waals surface area contributed by atoms with E-state index < -0.39 is 41.3 Å². The van der Waals surface area contributed by atoms with E-state index in [1.54, 1.807) is 0 Å². The number of carbonyl (C=O) groups excluding carboxylic acids is 2. The van der Waals surface area contributed by atoms with Gasteiger partial charge in [0.1, 0.15) is 0 Å². The van der Waals surface area contributed by atoms with Crippen LogP contribution in [0.4, 0.5) is 26.3 Å². The van der Waals surface area contributed by atoms with Gasteiger partial charge < -0.3 is 5.32 Å². The Morgan fingerprint density at radius 3 is 2.08 bits per heavy atom. The molecule has 0 saturated heterocycles. The van der Waals surface area contributed by atoms with Crippen LogP contribution in [0.1, 0.15) is 53.2 Å². The molecule has 0 bridgehead atoms. The summed E-state index contributed by atoms with van der Waals surface area (Å²) in [6.07, 6.45) is -8.49. The molecule has 0 heterocycles. The summed E-state index contributed by atoms with van der Waals surface area (Å²) in [4.78, 5) is 24.3. The van der Waals surface area contributed by atoms with Crippen LogP contribution in [-0.2, 0) is 11.0 Å². The zero-order valence-electron chi connectivity index (χ0n) is 19.3. The zero-order chi connectivity index (χ0) is 28.3. The average molecular weight is 587 g/mol. The Hall–Kier alpha value is -2.49. The van der Waals surface area contributed by atoms with Crippen molar-refractivity contribution in [1.29, 1.82) is 0 Å². The van der Waals surface area contributed by atoms with E-state index in [1.807, 2.05) is 0 Å². The van der Waals surface area contributed by atoms with Crippen LogP contribution < -0.4 is 5.32 Å². The summed E-state index contributed by atoms with van der Waals surface area (Å²) in [5.74, 6) is -3.72. The maximum absolute atomic E-state index is 13.7. The fourth-order valence-corrected chi connectivity index (χ4v) is 3.89. The second-order valence-electron chi connectivity index (χ2n) is 8.26. The van der Waals surface area contributed by atoms with Gasteiger partial charge in [-0.3, -0.25) is 9.59 Å². The topological polar surface area (TPSA) is 46.2 Å². The van der Waals surface area contributed by atoms with Crippen molar-refractivity contribution >= 4 is 52.6 Å². The minimum atomic E-state index is -4.99. The highest BCUT2D eigenvalue weighted by Crippen LogP contribution is 2.41. The van der Waals surface area contributed by atoms with Gasteiger partial charge in [-0.05, 0) is 54.8 Å². The normalized spacial score (nSPS) is 13.9. The van der Waals surface area contributed by atoms with Crippen molar-refractivity contribution in [2.45, 2.75) is 44.6 Å². The average Bonchev–Trinajstić information content (AvgIpc) is 2.75. The van der Waals surface area contributed by atoms with Crippen molar-refractivity contribution in [2.24, 2.45) is 0 Å². The lowest BCUT2D eigenvalue weighted by Crippen LogP contribution is -2.35. The van der Waals surface area contributed by atoms with E-state index in [0.29, 0.717) is 12.1 Å². The van der Waals surface area contributed by atoms with E-state index in [2.05, 4.69) is 11.9 Å². The van der Waals surface area contributed by atoms with Gasteiger partial charge in [0.25, 0.3) is 5.91 Å². The first-order valence-corrected chi connectivity index (χ1v) is 11.6. The molecule has 3 nitrogen and oxygen atoms in total. The Kier molecular flexibility index (Phi) is 9.90. The number of ketones is 1. The van der Waals surface area contributed by atoms with Crippen LogP contribution in [0, 0.1) is 0 Å². The van der Waals surface area contributed by atoms with Gasteiger partial charge >= 0.3 is 12.4 Å².